The highest BCUT2D eigenvalue weighted by molar-refractivity contribution is 5.41. The second kappa shape index (κ2) is 5.67. The number of hydrogen-bond acceptors (Lipinski definition) is 4. The van der Waals surface area contributed by atoms with Crippen molar-refractivity contribution >= 4 is 0 Å². The summed E-state index contributed by atoms with van der Waals surface area (Å²) in [6, 6.07) is 0. The number of methoxy groups -OCH3 is 1. The molecule has 0 atom stereocenters. The normalized spacial score (nSPS) is 12.0. The number of aryl methyl sites for hydroxylation is 1. The number of rotatable bonds is 5. The third-order valence-electron chi connectivity index (χ3n) is 3.67. The molecule has 0 fully saturated rings. The largest absolute Gasteiger partial charge is 0.496 e. The van der Waals surface area contributed by atoms with Gasteiger partial charge in [-0.15, -0.1) is 0 Å². The predicted molar refractivity (Wildman–Crippen MR) is 74.9 cm³/mol. The zero-order valence-corrected chi connectivity index (χ0v) is 12.4. The summed E-state index contributed by atoms with van der Waals surface area (Å²) in [4.78, 5) is 6.73. The van der Waals surface area contributed by atoms with E-state index in [0.717, 1.165) is 29.1 Å². The number of pyridine rings is 1. The number of nitrogens with two attached hydrogens (primary N) is 1. The maximum Gasteiger partial charge on any atom is 0.128 e. The van der Waals surface area contributed by atoms with Gasteiger partial charge in [-0.3, -0.25) is 9.88 Å². The molecule has 1 rings (SSSR count). The van der Waals surface area contributed by atoms with Gasteiger partial charge in [0.05, 0.1) is 12.8 Å². The van der Waals surface area contributed by atoms with Crippen molar-refractivity contribution in [1.29, 1.82) is 0 Å². The van der Waals surface area contributed by atoms with Gasteiger partial charge in [0.1, 0.15) is 5.75 Å². The van der Waals surface area contributed by atoms with E-state index in [1.54, 1.807) is 7.11 Å². The van der Waals surface area contributed by atoms with Gasteiger partial charge in [-0.2, -0.15) is 0 Å². The molecule has 4 heteroatoms. The average molecular weight is 251 g/mol. The minimum Gasteiger partial charge on any atom is -0.496 e. The third-order valence-corrected chi connectivity index (χ3v) is 3.67. The fourth-order valence-corrected chi connectivity index (χ4v) is 1.82. The Morgan fingerprint density at radius 2 is 2.00 bits per heavy atom. The molecule has 0 unspecified atom stereocenters. The smallest absolute Gasteiger partial charge is 0.128 e. The van der Waals surface area contributed by atoms with Crippen LogP contribution < -0.4 is 10.5 Å². The second-order valence-electron chi connectivity index (χ2n) is 5.42. The van der Waals surface area contributed by atoms with Crippen LogP contribution in [0.15, 0.2) is 6.20 Å². The van der Waals surface area contributed by atoms with Crippen LogP contribution in [0.1, 0.15) is 30.7 Å². The van der Waals surface area contributed by atoms with Gasteiger partial charge in [-0.25, -0.2) is 0 Å². The van der Waals surface area contributed by atoms with E-state index in [4.69, 9.17) is 10.5 Å². The molecule has 0 radical (unpaired) electrons. The molecule has 1 aromatic heterocycles. The fraction of sp³-hybridized carbons (Fsp3) is 0.643. The van der Waals surface area contributed by atoms with Crippen LogP contribution in [-0.2, 0) is 6.54 Å². The van der Waals surface area contributed by atoms with E-state index >= 15 is 0 Å². The van der Waals surface area contributed by atoms with Crippen LogP contribution in [0.3, 0.4) is 0 Å². The first-order valence-electron chi connectivity index (χ1n) is 6.24. The summed E-state index contributed by atoms with van der Waals surface area (Å²) in [6.07, 6.45) is 1.87. The van der Waals surface area contributed by atoms with Crippen molar-refractivity contribution in [2.75, 3.05) is 20.7 Å². The van der Waals surface area contributed by atoms with Crippen LogP contribution in [0, 0.1) is 13.8 Å². The van der Waals surface area contributed by atoms with E-state index in [9.17, 15) is 0 Å². The van der Waals surface area contributed by atoms with Crippen molar-refractivity contribution in [3.8, 4) is 5.75 Å². The van der Waals surface area contributed by atoms with Crippen molar-refractivity contribution in [3.63, 3.8) is 0 Å². The number of nitrogens with zero attached hydrogens (tertiary/aromatic N) is 2. The molecule has 0 bridgehead atoms. The van der Waals surface area contributed by atoms with E-state index in [-0.39, 0.29) is 5.54 Å². The molecule has 2 N–H and O–H groups in total. The number of aromatic nitrogens is 1. The first-order chi connectivity index (χ1) is 8.33. The Morgan fingerprint density at radius 1 is 1.39 bits per heavy atom. The predicted octanol–water partition coefficient (Wildman–Crippen LogP) is 1.88. The van der Waals surface area contributed by atoms with Gasteiger partial charge in [-0.05, 0) is 34.7 Å². The summed E-state index contributed by atoms with van der Waals surface area (Å²) in [5.74, 6) is 0.930. The zero-order chi connectivity index (χ0) is 13.9. The van der Waals surface area contributed by atoms with Gasteiger partial charge >= 0.3 is 0 Å². The number of hydrogen-bond donors (Lipinski definition) is 1. The average Bonchev–Trinajstić information content (AvgIpc) is 2.33. The molecule has 0 amide bonds. The Hall–Kier alpha value is -1.13. The molecule has 0 aromatic carbocycles. The molecular formula is C14H25N3O. The highest BCUT2D eigenvalue weighted by Crippen LogP contribution is 2.25. The molecule has 0 spiro atoms. The summed E-state index contributed by atoms with van der Waals surface area (Å²) < 4.78 is 5.43. The van der Waals surface area contributed by atoms with E-state index in [2.05, 4.69) is 37.7 Å². The summed E-state index contributed by atoms with van der Waals surface area (Å²) in [5.41, 5.74) is 8.98. The lowest BCUT2D eigenvalue weighted by Gasteiger charge is -2.34. The quantitative estimate of drug-likeness (QED) is 0.868. The first kappa shape index (κ1) is 14.9. The van der Waals surface area contributed by atoms with Gasteiger partial charge < -0.3 is 10.5 Å². The molecule has 1 heterocycles. The Labute approximate surface area is 110 Å². The highest BCUT2D eigenvalue weighted by Gasteiger charge is 2.23. The zero-order valence-electron chi connectivity index (χ0n) is 12.4. The molecule has 0 aliphatic rings. The van der Waals surface area contributed by atoms with Gasteiger partial charge in [0.2, 0.25) is 0 Å². The van der Waals surface area contributed by atoms with Crippen LogP contribution in [0.5, 0.6) is 5.75 Å². The van der Waals surface area contributed by atoms with E-state index in [1.807, 2.05) is 13.1 Å². The molecule has 0 aliphatic heterocycles. The van der Waals surface area contributed by atoms with E-state index < -0.39 is 0 Å². The van der Waals surface area contributed by atoms with Crippen LogP contribution >= 0.6 is 0 Å². The standard InChI is InChI=1S/C14H25N3O/c1-10-7-16-12(11(2)13(10)18-6)8-17(5)14(3,4)9-15/h7H,8-9,15H2,1-6H3. The molecule has 102 valence electrons. The number of likely N-dealkylation sites (N-methyl/N-ethyl adjacent to an activating group) is 1. The molecule has 0 saturated carbocycles. The van der Waals surface area contributed by atoms with Crippen molar-refractivity contribution in [3.05, 3.63) is 23.0 Å². The Balaban J connectivity index is 2.99. The lowest BCUT2D eigenvalue weighted by Crippen LogP contribution is -2.46. The minimum absolute atomic E-state index is 0.0355. The maximum absolute atomic E-state index is 5.79. The van der Waals surface area contributed by atoms with E-state index in [1.165, 1.54) is 0 Å². The molecule has 0 aliphatic carbocycles. The van der Waals surface area contributed by atoms with Crippen molar-refractivity contribution in [2.24, 2.45) is 5.73 Å². The van der Waals surface area contributed by atoms with Crippen molar-refractivity contribution in [2.45, 2.75) is 39.8 Å². The minimum atomic E-state index is -0.0355. The van der Waals surface area contributed by atoms with E-state index in [0.29, 0.717) is 6.54 Å². The topological polar surface area (TPSA) is 51.4 Å². The number of ether oxygens (including phenoxy) is 1. The molecule has 0 saturated heterocycles. The van der Waals surface area contributed by atoms with Crippen LogP contribution in [0.2, 0.25) is 0 Å². The summed E-state index contributed by atoms with van der Waals surface area (Å²) in [7, 11) is 3.77. The second-order valence-corrected chi connectivity index (χ2v) is 5.42. The van der Waals surface area contributed by atoms with Gasteiger partial charge in [0.25, 0.3) is 0 Å². The summed E-state index contributed by atoms with van der Waals surface area (Å²) in [5, 5.41) is 0. The fourth-order valence-electron chi connectivity index (χ4n) is 1.82. The monoisotopic (exact) mass is 251 g/mol. The van der Waals surface area contributed by atoms with Crippen molar-refractivity contribution in [1.82, 2.24) is 9.88 Å². The molecule has 4 nitrogen and oxygen atoms in total. The maximum atomic E-state index is 5.79. The Kier molecular flexibility index (Phi) is 4.71. The van der Waals surface area contributed by atoms with Crippen LogP contribution in [-0.4, -0.2) is 36.1 Å². The SMILES string of the molecule is COc1c(C)cnc(CN(C)C(C)(C)CN)c1C. The summed E-state index contributed by atoms with van der Waals surface area (Å²) in [6.45, 7) is 9.72. The van der Waals surface area contributed by atoms with Crippen LogP contribution in [0.4, 0.5) is 0 Å². The third kappa shape index (κ3) is 3.00. The molecule has 18 heavy (non-hydrogen) atoms. The molecule has 1 aromatic rings. The van der Waals surface area contributed by atoms with Crippen LogP contribution in [0.25, 0.3) is 0 Å². The Bertz CT molecular complexity index is 416. The Morgan fingerprint density at radius 3 is 2.50 bits per heavy atom. The van der Waals surface area contributed by atoms with Crippen molar-refractivity contribution < 1.29 is 4.74 Å². The van der Waals surface area contributed by atoms with Gasteiger partial charge in [0.15, 0.2) is 0 Å². The summed E-state index contributed by atoms with van der Waals surface area (Å²) >= 11 is 0. The first-order valence-corrected chi connectivity index (χ1v) is 6.24. The molecular weight excluding hydrogens is 226 g/mol. The van der Waals surface area contributed by atoms with Gasteiger partial charge in [0, 0.05) is 36.0 Å². The highest BCUT2D eigenvalue weighted by atomic mass is 16.5. The van der Waals surface area contributed by atoms with Gasteiger partial charge in [-0.1, -0.05) is 0 Å². The lowest BCUT2D eigenvalue weighted by molar-refractivity contribution is 0.153. The lowest BCUT2D eigenvalue weighted by atomic mass is 10.0.